The Labute approximate surface area is 113 Å². The van der Waals surface area contributed by atoms with E-state index in [4.69, 9.17) is 33.2 Å². The number of hydrogen-bond acceptors (Lipinski definition) is 3. The maximum atomic E-state index is 12.6. The summed E-state index contributed by atoms with van der Waals surface area (Å²) in [6.07, 6.45) is 0. The molecule has 1 amide bonds. The Balaban J connectivity index is 2.50. The lowest BCUT2D eigenvalue weighted by Crippen LogP contribution is -2.28. The quantitative estimate of drug-likeness (QED) is 0.866. The lowest BCUT2D eigenvalue weighted by Gasteiger charge is -2.06. The first-order chi connectivity index (χ1) is 8.52. The highest BCUT2D eigenvalue weighted by Crippen LogP contribution is 2.12. The van der Waals surface area contributed by atoms with Gasteiger partial charge in [0, 0.05) is 0 Å². The predicted octanol–water partition coefficient (Wildman–Crippen LogP) is 2.49. The van der Waals surface area contributed by atoms with E-state index < -0.39 is 11.7 Å². The molecule has 1 aromatic carbocycles. The number of nitrogens with zero attached hydrogens (tertiary/aromatic N) is 1. The first-order valence-electron chi connectivity index (χ1n) is 4.66. The summed E-state index contributed by atoms with van der Waals surface area (Å²) in [4.78, 5) is 11.3. The molecular weight excluding hydrogens is 282 g/mol. The molecule has 0 aliphatic carbocycles. The van der Waals surface area contributed by atoms with Gasteiger partial charge in [-0.1, -0.05) is 23.2 Å². The molecule has 0 fully saturated rings. The SMILES string of the molecule is N#CC(NC(=O)COc1ccc(F)cc1)=C(Cl)Cl. The number of halogens is 3. The Kier molecular flexibility index (Phi) is 5.43. The van der Waals surface area contributed by atoms with Crippen LogP contribution < -0.4 is 10.1 Å². The molecule has 0 spiro atoms. The second kappa shape index (κ2) is 6.84. The standard InChI is InChI=1S/C11H7Cl2FN2O2/c12-11(13)9(5-15)16-10(17)6-18-8-3-1-7(14)2-4-8/h1-4H,6H2,(H,16,17). The van der Waals surface area contributed by atoms with E-state index in [-0.39, 0.29) is 16.8 Å². The van der Waals surface area contributed by atoms with Gasteiger partial charge in [0.15, 0.2) is 12.3 Å². The van der Waals surface area contributed by atoms with Crippen molar-refractivity contribution < 1.29 is 13.9 Å². The highest BCUT2D eigenvalue weighted by atomic mass is 35.5. The van der Waals surface area contributed by atoms with Gasteiger partial charge in [-0.25, -0.2) is 4.39 Å². The summed E-state index contributed by atoms with van der Waals surface area (Å²) in [6.45, 7) is -0.349. The van der Waals surface area contributed by atoms with Gasteiger partial charge < -0.3 is 10.1 Å². The van der Waals surface area contributed by atoms with E-state index in [9.17, 15) is 9.18 Å². The Morgan fingerprint density at radius 2 is 2.00 bits per heavy atom. The van der Waals surface area contributed by atoms with Crippen molar-refractivity contribution in [2.75, 3.05) is 6.61 Å². The van der Waals surface area contributed by atoms with Crippen molar-refractivity contribution in [3.05, 3.63) is 40.3 Å². The van der Waals surface area contributed by atoms with Gasteiger partial charge in [-0.3, -0.25) is 4.79 Å². The first-order valence-corrected chi connectivity index (χ1v) is 5.42. The largest absolute Gasteiger partial charge is 0.484 e. The molecule has 1 aromatic rings. The first kappa shape index (κ1) is 14.3. The maximum absolute atomic E-state index is 12.6. The number of nitriles is 1. The van der Waals surface area contributed by atoms with E-state index in [2.05, 4.69) is 5.32 Å². The van der Waals surface area contributed by atoms with Gasteiger partial charge in [0.1, 0.15) is 22.1 Å². The van der Waals surface area contributed by atoms with Crippen LogP contribution in [0.4, 0.5) is 4.39 Å². The topological polar surface area (TPSA) is 62.1 Å². The average molecular weight is 289 g/mol. The van der Waals surface area contributed by atoms with E-state index in [1.54, 1.807) is 6.07 Å². The van der Waals surface area contributed by atoms with Crippen molar-refractivity contribution in [2.45, 2.75) is 0 Å². The summed E-state index contributed by atoms with van der Waals surface area (Å²) in [6, 6.07) is 6.76. The second-order valence-corrected chi connectivity index (χ2v) is 3.99. The summed E-state index contributed by atoms with van der Waals surface area (Å²) in [5.74, 6) is -0.684. The Hall–Kier alpha value is -1.77. The third-order valence-corrected chi connectivity index (χ3v) is 2.13. The number of amides is 1. The van der Waals surface area contributed by atoms with Crippen LogP contribution in [0, 0.1) is 17.1 Å². The van der Waals surface area contributed by atoms with E-state index >= 15 is 0 Å². The number of nitrogens with one attached hydrogen (secondary N) is 1. The average Bonchev–Trinajstić information content (AvgIpc) is 2.35. The fourth-order valence-electron chi connectivity index (χ4n) is 0.973. The highest BCUT2D eigenvalue weighted by Gasteiger charge is 2.08. The van der Waals surface area contributed by atoms with E-state index in [1.807, 2.05) is 0 Å². The van der Waals surface area contributed by atoms with E-state index in [0.717, 1.165) is 0 Å². The molecule has 0 aliphatic heterocycles. The second-order valence-electron chi connectivity index (χ2n) is 3.04. The molecule has 0 heterocycles. The van der Waals surface area contributed by atoms with Crippen LogP contribution in [0.15, 0.2) is 34.5 Å². The molecule has 18 heavy (non-hydrogen) atoms. The van der Waals surface area contributed by atoms with Crippen molar-refractivity contribution >= 4 is 29.1 Å². The van der Waals surface area contributed by atoms with E-state index in [1.165, 1.54) is 24.3 Å². The van der Waals surface area contributed by atoms with Gasteiger partial charge in [-0.2, -0.15) is 5.26 Å². The zero-order valence-corrected chi connectivity index (χ0v) is 10.4. The van der Waals surface area contributed by atoms with Gasteiger partial charge in [0.25, 0.3) is 5.91 Å². The molecule has 0 saturated carbocycles. The zero-order chi connectivity index (χ0) is 13.5. The number of carbonyl (C=O) groups is 1. The summed E-state index contributed by atoms with van der Waals surface area (Å²) >= 11 is 10.7. The predicted molar refractivity (Wildman–Crippen MR) is 64.4 cm³/mol. The normalized spacial score (nSPS) is 9.22. The summed E-state index contributed by atoms with van der Waals surface area (Å²) < 4.78 is 17.3. The van der Waals surface area contributed by atoms with Gasteiger partial charge in [-0.15, -0.1) is 0 Å². The molecule has 0 unspecified atom stereocenters. The van der Waals surface area contributed by atoms with Crippen LogP contribution >= 0.6 is 23.2 Å². The van der Waals surface area contributed by atoms with Crippen molar-refractivity contribution in [2.24, 2.45) is 0 Å². The monoisotopic (exact) mass is 288 g/mol. The molecule has 0 bridgehead atoms. The van der Waals surface area contributed by atoms with Crippen LogP contribution in [0.2, 0.25) is 0 Å². The molecular formula is C11H7Cl2FN2O2. The maximum Gasteiger partial charge on any atom is 0.262 e. The summed E-state index contributed by atoms with van der Waals surface area (Å²) in [5, 5.41) is 10.8. The molecule has 0 aromatic heterocycles. The smallest absolute Gasteiger partial charge is 0.262 e. The molecule has 0 saturated heterocycles. The van der Waals surface area contributed by atoms with Gasteiger partial charge in [-0.05, 0) is 24.3 Å². The molecule has 94 valence electrons. The van der Waals surface area contributed by atoms with Crippen molar-refractivity contribution in [1.82, 2.24) is 5.32 Å². The van der Waals surface area contributed by atoms with Crippen LogP contribution in [0.3, 0.4) is 0 Å². The minimum Gasteiger partial charge on any atom is -0.484 e. The lowest BCUT2D eigenvalue weighted by molar-refractivity contribution is -0.122. The molecule has 0 aliphatic rings. The molecule has 0 atom stereocenters. The van der Waals surface area contributed by atoms with Crippen LogP contribution in [-0.4, -0.2) is 12.5 Å². The molecule has 4 nitrogen and oxygen atoms in total. The number of hydrogen-bond donors (Lipinski definition) is 1. The van der Waals surface area contributed by atoms with Crippen molar-refractivity contribution in [3.63, 3.8) is 0 Å². The van der Waals surface area contributed by atoms with Crippen molar-refractivity contribution in [1.29, 1.82) is 5.26 Å². The third-order valence-electron chi connectivity index (χ3n) is 1.75. The lowest BCUT2D eigenvalue weighted by atomic mass is 10.3. The fraction of sp³-hybridized carbons (Fsp3) is 0.0909. The van der Waals surface area contributed by atoms with Gasteiger partial charge in [0.2, 0.25) is 0 Å². The Bertz CT molecular complexity index is 505. The van der Waals surface area contributed by atoms with Crippen LogP contribution in [0.25, 0.3) is 0 Å². The van der Waals surface area contributed by atoms with Crippen LogP contribution in [0.1, 0.15) is 0 Å². The molecule has 0 radical (unpaired) electrons. The highest BCUT2D eigenvalue weighted by molar-refractivity contribution is 6.56. The van der Waals surface area contributed by atoms with Crippen LogP contribution in [-0.2, 0) is 4.79 Å². The van der Waals surface area contributed by atoms with Crippen molar-refractivity contribution in [3.8, 4) is 11.8 Å². The van der Waals surface area contributed by atoms with Gasteiger partial charge >= 0.3 is 0 Å². The third kappa shape index (κ3) is 4.62. The number of allylic oxidation sites excluding steroid dienone is 1. The minimum atomic E-state index is -0.602. The van der Waals surface area contributed by atoms with Crippen LogP contribution in [0.5, 0.6) is 5.75 Å². The molecule has 1 rings (SSSR count). The number of carbonyl (C=O) groups excluding carboxylic acids is 1. The Morgan fingerprint density at radius 3 is 2.50 bits per heavy atom. The number of rotatable bonds is 4. The molecule has 1 N–H and O–H groups in total. The molecule has 7 heteroatoms. The summed E-state index contributed by atoms with van der Waals surface area (Å²) in [5.41, 5.74) is -0.258. The number of ether oxygens (including phenoxy) is 1. The summed E-state index contributed by atoms with van der Waals surface area (Å²) in [7, 11) is 0. The Morgan fingerprint density at radius 1 is 1.39 bits per heavy atom. The zero-order valence-electron chi connectivity index (χ0n) is 8.91. The minimum absolute atomic E-state index is 0.258. The number of benzene rings is 1. The fourth-order valence-corrected chi connectivity index (χ4v) is 1.15. The van der Waals surface area contributed by atoms with E-state index in [0.29, 0.717) is 5.75 Å². The van der Waals surface area contributed by atoms with Gasteiger partial charge in [0.05, 0.1) is 0 Å².